The van der Waals surface area contributed by atoms with Gasteiger partial charge in [-0.2, -0.15) is 0 Å². The van der Waals surface area contributed by atoms with Crippen LogP contribution in [0.3, 0.4) is 0 Å². The van der Waals surface area contributed by atoms with Crippen molar-refractivity contribution in [3.8, 4) is 0 Å². The molecule has 0 spiro atoms. The van der Waals surface area contributed by atoms with Gasteiger partial charge in [0.1, 0.15) is 0 Å². The molecule has 2 N–H and O–H groups in total. The van der Waals surface area contributed by atoms with E-state index in [9.17, 15) is 4.79 Å². The van der Waals surface area contributed by atoms with Crippen molar-refractivity contribution in [3.05, 3.63) is 0 Å². The van der Waals surface area contributed by atoms with Crippen LogP contribution in [0.15, 0.2) is 0 Å². The Kier molecular flexibility index (Phi) is 6.65. The van der Waals surface area contributed by atoms with Crippen molar-refractivity contribution in [2.75, 3.05) is 19.6 Å². The first-order valence-corrected chi connectivity index (χ1v) is 7.26. The maximum Gasteiger partial charge on any atom is 0.303 e. The number of piperidine rings is 1. The van der Waals surface area contributed by atoms with E-state index in [1.807, 2.05) is 0 Å². The normalized spacial score (nSPS) is 27.1. The molecule has 106 valence electrons. The number of carboxylic acid groups (broad SMARTS) is 1. The first-order chi connectivity index (χ1) is 8.56. The van der Waals surface area contributed by atoms with E-state index in [4.69, 9.17) is 5.11 Å². The SMILES string of the molecule is CCNC1CC(CCC(=O)O)CN(C(C)CC)C1. The molecule has 1 aliphatic rings. The number of aliphatic carboxylic acids is 1. The highest BCUT2D eigenvalue weighted by Crippen LogP contribution is 2.23. The average Bonchev–Trinajstić information content (AvgIpc) is 2.35. The van der Waals surface area contributed by atoms with Crippen molar-refractivity contribution >= 4 is 5.97 Å². The van der Waals surface area contributed by atoms with Crippen molar-refractivity contribution in [2.24, 2.45) is 5.92 Å². The lowest BCUT2D eigenvalue weighted by Gasteiger charge is -2.41. The second-order valence-corrected chi connectivity index (χ2v) is 5.50. The molecule has 4 heteroatoms. The molecule has 1 aliphatic heterocycles. The van der Waals surface area contributed by atoms with Gasteiger partial charge in [-0.1, -0.05) is 13.8 Å². The van der Waals surface area contributed by atoms with E-state index in [1.54, 1.807) is 0 Å². The van der Waals surface area contributed by atoms with Crippen molar-refractivity contribution in [1.29, 1.82) is 0 Å². The van der Waals surface area contributed by atoms with Crippen LogP contribution in [0.1, 0.15) is 46.5 Å². The molecule has 0 aromatic rings. The predicted octanol–water partition coefficient (Wildman–Crippen LogP) is 1.95. The van der Waals surface area contributed by atoms with Gasteiger partial charge in [0, 0.05) is 31.6 Å². The third-order valence-electron chi connectivity index (χ3n) is 4.04. The Hall–Kier alpha value is -0.610. The molecule has 0 bridgehead atoms. The third kappa shape index (κ3) is 4.94. The van der Waals surface area contributed by atoms with Crippen LogP contribution in [-0.2, 0) is 4.79 Å². The topological polar surface area (TPSA) is 52.6 Å². The van der Waals surface area contributed by atoms with E-state index in [1.165, 1.54) is 0 Å². The first kappa shape index (κ1) is 15.4. The number of rotatable bonds is 7. The van der Waals surface area contributed by atoms with Crippen LogP contribution in [-0.4, -0.2) is 47.7 Å². The van der Waals surface area contributed by atoms with Crippen molar-refractivity contribution in [1.82, 2.24) is 10.2 Å². The Morgan fingerprint density at radius 2 is 2.17 bits per heavy atom. The number of nitrogens with zero attached hydrogens (tertiary/aromatic N) is 1. The second-order valence-electron chi connectivity index (χ2n) is 5.50. The van der Waals surface area contributed by atoms with E-state index < -0.39 is 5.97 Å². The molecule has 3 atom stereocenters. The van der Waals surface area contributed by atoms with Gasteiger partial charge in [0.15, 0.2) is 0 Å². The summed E-state index contributed by atoms with van der Waals surface area (Å²) in [5.41, 5.74) is 0. The summed E-state index contributed by atoms with van der Waals surface area (Å²) in [6, 6.07) is 1.12. The van der Waals surface area contributed by atoms with E-state index in [0.717, 1.165) is 38.9 Å². The highest BCUT2D eigenvalue weighted by atomic mass is 16.4. The van der Waals surface area contributed by atoms with Gasteiger partial charge in [-0.15, -0.1) is 0 Å². The standard InChI is InChI=1S/C14H28N2O2/c1-4-11(3)16-9-12(6-7-14(17)18)8-13(10-16)15-5-2/h11-13,15H,4-10H2,1-3H3,(H,17,18). The Morgan fingerprint density at radius 1 is 1.44 bits per heavy atom. The summed E-state index contributed by atoms with van der Waals surface area (Å²) in [7, 11) is 0. The summed E-state index contributed by atoms with van der Waals surface area (Å²) in [4.78, 5) is 13.2. The molecule has 0 aromatic carbocycles. The minimum Gasteiger partial charge on any atom is -0.481 e. The summed E-state index contributed by atoms with van der Waals surface area (Å²) in [5.74, 6) is -0.149. The second kappa shape index (κ2) is 7.74. The van der Waals surface area contributed by atoms with Gasteiger partial charge in [-0.05, 0) is 38.6 Å². The van der Waals surface area contributed by atoms with Gasteiger partial charge in [-0.25, -0.2) is 0 Å². The zero-order valence-corrected chi connectivity index (χ0v) is 12.0. The minimum atomic E-state index is -0.671. The molecule has 1 rings (SSSR count). The molecule has 18 heavy (non-hydrogen) atoms. The van der Waals surface area contributed by atoms with Gasteiger partial charge in [0.25, 0.3) is 0 Å². The fourth-order valence-corrected chi connectivity index (χ4v) is 2.83. The Morgan fingerprint density at radius 3 is 2.72 bits per heavy atom. The number of carboxylic acids is 1. The molecule has 1 heterocycles. The molecule has 4 nitrogen and oxygen atoms in total. The van der Waals surface area contributed by atoms with E-state index in [2.05, 4.69) is 31.0 Å². The first-order valence-electron chi connectivity index (χ1n) is 7.26. The van der Waals surface area contributed by atoms with Crippen LogP contribution >= 0.6 is 0 Å². The van der Waals surface area contributed by atoms with Gasteiger partial charge < -0.3 is 10.4 Å². The lowest BCUT2D eigenvalue weighted by atomic mass is 9.89. The molecule has 0 radical (unpaired) electrons. The lowest BCUT2D eigenvalue weighted by molar-refractivity contribution is -0.137. The van der Waals surface area contributed by atoms with Crippen molar-refractivity contribution in [2.45, 2.75) is 58.5 Å². The summed E-state index contributed by atoms with van der Waals surface area (Å²) in [6.45, 7) is 9.77. The molecule has 0 aliphatic carbocycles. The highest BCUT2D eigenvalue weighted by Gasteiger charge is 2.28. The quantitative estimate of drug-likeness (QED) is 0.731. The molecule has 0 aromatic heterocycles. The minimum absolute atomic E-state index is 0.303. The largest absolute Gasteiger partial charge is 0.481 e. The smallest absolute Gasteiger partial charge is 0.303 e. The van der Waals surface area contributed by atoms with Crippen molar-refractivity contribution < 1.29 is 9.90 Å². The summed E-state index contributed by atoms with van der Waals surface area (Å²) < 4.78 is 0. The van der Waals surface area contributed by atoms with Crippen LogP contribution in [0.4, 0.5) is 0 Å². The van der Waals surface area contributed by atoms with Gasteiger partial charge in [0.2, 0.25) is 0 Å². The predicted molar refractivity (Wildman–Crippen MR) is 73.8 cm³/mol. The van der Waals surface area contributed by atoms with Gasteiger partial charge in [-0.3, -0.25) is 9.69 Å². The van der Waals surface area contributed by atoms with E-state index in [-0.39, 0.29) is 0 Å². The van der Waals surface area contributed by atoms with E-state index in [0.29, 0.717) is 24.4 Å². The molecule has 3 unspecified atom stereocenters. The van der Waals surface area contributed by atoms with Gasteiger partial charge in [0.05, 0.1) is 0 Å². The Labute approximate surface area is 111 Å². The molecule has 0 saturated carbocycles. The number of likely N-dealkylation sites (N-methyl/N-ethyl adjacent to an activating group) is 1. The molecular weight excluding hydrogens is 228 g/mol. The number of nitrogens with one attached hydrogen (secondary N) is 1. The van der Waals surface area contributed by atoms with Crippen molar-refractivity contribution in [3.63, 3.8) is 0 Å². The fourth-order valence-electron chi connectivity index (χ4n) is 2.83. The van der Waals surface area contributed by atoms with Crippen LogP contribution in [0.2, 0.25) is 0 Å². The van der Waals surface area contributed by atoms with Gasteiger partial charge >= 0.3 is 5.97 Å². The Balaban J connectivity index is 2.53. The lowest BCUT2D eigenvalue weighted by Crippen LogP contribution is -2.51. The number of carbonyl (C=O) groups is 1. The maximum atomic E-state index is 10.7. The maximum absolute atomic E-state index is 10.7. The third-order valence-corrected chi connectivity index (χ3v) is 4.04. The molecule has 1 fully saturated rings. The van der Waals surface area contributed by atoms with Crippen LogP contribution < -0.4 is 5.32 Å². The molecule has 1 saturated heterocycles. The zero-order chi connectivity index (χ0) is 13.5. The summed E-state index contributed by atoms with van der Waals surface area (Å²) >= 11 is 0. The molecule has 0 amide bonds. The monoisotopic (exact) mass is 256 g/mol. The average molecular weight is 256 g/mol. The highest BCUT2D eigenvalue weighted by molar-refractivity contribution is 5.66. The van der Waals surface area contributed by atoms with Crippen LogP contribution in [0.25, 0.3) is 0 Å². The fraction of sp³-hybridized carbons (Fsp3) is 0.929. The number of likely N-dealkylation sites (tertiary alicyclic amines) is 1. The molecular formula is C14H28N2O2. The Bertz CT molecular complexity index is 258. The summed E-state index contributed by atoms with van der Waals surface area (Å²) in [5, 5.41) is 12.3. The van der Waals surface area contributed by atoms with Crippen LogP contribution in [0.5, 0.6) is 0 Å². The van der Waals surface area contributed by atoms with E-state index >= 15 is 0 Å². The zero-order valence-electron chi connectivity index (χ0n) is 12.0. The summed E-state index contributed by atoms with van der Waals surface area (Å²) in [6.07, 6.45) is 3.39. The van der Waals surface area contributed by atoms with Crippen LogP contribution in [0, 0.1) is 5.92 Å². The number of hydrogen-bond donors (Lipinski definition) is 2. The number of hydrogen-bond acceptors (Lipinski definition) is 3.